The number of nitrogens with zero attached hydrogens (tertiary/aromatic N) is 2. The Kier molecular flexibility index (Phi) is 6.33. The van der Waals surface area contributed by atoms with Crippen LogP contribution in [0.1, 0.15) is 37.0 Å². The van der Waals surface area contributed by atoms with E-state index in [0.29, 0.717) is 18.0 Å². The first-order valence-corrected chi connectivity index (χ1v) is 8.86. The molecule has 22 heavy (non-hydrogen) atoms. The normalized spacial score (nSPS) is 10.9. The molecule has 2 rings (SSSR count). The van der Waals surface area contributed by atoms with Crippen LogP contribution in [-0.4, -0.2) is 27.8 Å². The minimum atomic E-state index is -0.325. The highest BCUT2D eigenvalue weighted by Crippen LogP contribution is 2.26. The molecular weight excluding hydrogens is 321 g/mol. The van der Waals surface area contributed by atoms with Crippen molar-refractivity contribution >= 4 is 34.0 Å². The molecule has 0 aliphatic rings. The van der Waals surface area contributed by atoms with E-state index in [-0.39, 0.29) is 11.6 Å². The number of anilines is 1. The van der Waals surface area contributed by atoms with Crippen molar-refractivity contribution in [3.05, 3.63) is 35.6 Å². The zero-order valence-electron chi connectivity index (χ0n) is 12.5. The number of hydrogen-bond donors (Lipinski definition) is 1. The highest BCUT2D eigenvalue weighted by Gasteiger charge is 2.08. The van der Waals surface area contributed by atoms with E-state index in [1.807, 2.05) is 0 Å². The van der Waals surface area contributed by atoms with Crippen LogP contribution in [0.4, 0.5) is 9.52 Å². The molecule has 1 N–H and O–H groups in total. The molecule has 4 nitrogen and oxygen atoms in total. The van der Waals surface area contributed by atoms with Crippen LogP contribution in [0.5, 0.6) is 0 Å². The first-order chi connectivity index (χ1) is 10.5. The monoisotopic (exact) mass is 339 g/mol. The van der Waals surface area contributed by atoms with E-state index in [9.17, 15) is 9.18 Å². The summed E-state index contributed by atoms with van der Waals surface area (Å²) in [5.41, 5.74) is 0.561. The molecule has 0 unspecified atom stereocenters. The van der Waals surface area contributed by atoms with Gasteiger partial charge >= 0.3 is 0 Å². The van der Waals surface area contributed by atoms with Gasteiger partial charge in [0.2, 0.25) is 5.13 Å². The van der Waals surface area contributed by atoms with E-state index < -0.39 is 0 Å². The SMILES string of the molecule is CC(C)Nc1nnc(SCCCC(=O)c2ccc(F)cc2)s1. The molecule has 7 heteroatoms. The third-order valence-corrected chi connectivity index (χ3v) is 4.83. The van der Waals surface area contributed by atoms with Crippen LogP contribution in [0.3, 0.4) is 0 Å². The summed E-state index contributed by atoms with van der Waals surface area (Å²) >= 11 is 3.12. The van der Waals surface area contributed by atoms with Gasteiger partial charge in [0.05, 0.1) is 0 Å². The molecule has 118 valence electrons. The lowest BCUT2D eigenvalue weighted by Gasteiger charge is -2.03. The summed E-state index contributed by atoms with van der Waals surface area (Å²) < 4.78 is 13.7. The van der Waals surface area contributed by atoms with E-state index >= 15 is 0 Å². The summed E-state index contributed by atoms with van der Waals surface area (Å²) in [4.78, 5) is 11.9. The molecule has 0 bridgehead atoms. The predicted octanol–water partition coefficient (Wildman–Crippen LogP) is 4.25. The molecule has 1 aromatic heterocycles. The maximum atomic E-state index is 12.8. The Morgan fingerprint density at radius 2 is 2.05 bits per heavy atom. The van der Waals surface area contributed by atoms with Crippen LogP contribution >= 0.6 is 23.1 Å². The highest BCUT2D eigenvalue weighted by atomic mass is 32.2. The highest BCUT2D eigenvalue weighted by molar-refractivity contribution is 8.01. The zero-order chi connectivity index (χ0) is 15.9. The summed E-state index contributed by atoms with van der Waals surface area (Å²) in [7, 11) is 0. The Morgan fingerprint density at radius 1 is 1.32 bits per heavy atom. The number of benzene rings is 1. The van der Waals surface area contributed by atoms with Gasteiger partial charge in [0, 0.05) is 23.8 Å². The average Bonchev–Trinajstić information content (AvgIpc) is 2.91. The van der Waals surface area contributed by atoms with E-state index in [2.05, 4.69) is 29.4 Å². The Morgan fingerprint density at radius 3 is 2.73 bits per heavy atom. The number of carbonyl (C=O) groups is 1. The van der Waals surface area contributed by atoms with E-state index in [0.717, 1.165) is 21.6 Å². The van der Waals surface area contributed by atoms with Crippen molar-refractivity contribution in [1.29, 1.82) is 0 Å². The van der Waals surface area contributed by atoms with Gasteiger partial charge in [-0.25, -0.2) is 4.39 Å². The minimum Gasteiger partial charge on any atom is -0.358 e. The van der Waals surface area contributed by atoms with E-state index in [1.165, 1.54) is 35.6 Å². The second kappa shape index (κ2) is 8.24. The van der Waals surface area contributed by atoms with Gasteiger partial charge in [-0.1, -0.05) is 23.1 Å². The van der Waals surface area contributed by atoms with Crippen molar-refractivity contribution in [2.24, 2.45) is 0 Å². The summed E-state index contributed by atoms with van der Waals surface area (Å²) in [5, 5.41) is 12.2. The quantitative estimate of drug-likeness (QED) is 0.442. The van der Waals surface area contributed by atoms with Gasteiger partial charge in [-0.2, -0.15) is 0 Å². The fraction of sp³-hybridized carbons (Fsp3) is 0.400. The molecule has 0 saturated heterocycles. The van der Waals surface area contributed by atoms with Crippen molar-refractivity contribution in [3.8, 4) is 0 Å². The van der Waals surface area contributed by atoms with E-state index in [4.69, 9.17) is 0 Å². The van der Waals surface area contributed by atoms with Crippen LogP contribution in [-0.2, 0) is 0 Å². The fourth-order valence-corrected chi connectivity index (χ4v) is 3.65. The van der Waals surface area contributed by atoms with Gasteiger partial charge in [0.15, 0.2) is 10.1 Å². The third-order valence-electron chi connectivity index (χ3n) is 2.76. The summed E-state index contributed by atoms with van der Waals surface area (Å²) in [6.07, 6.45) is 1.21. The van der Waals surface area contributed by atoms with Gasteiger partial charge in [-0.05, 0) is 44.5 Å². The van der Waals surface area contributed by atoms with Crippen molar-refractivity contribution < 1.29 is 9.18 Å². The minimum absolute atomic E-state index is 0.0417. The summed E-state index contributed by atoms with van der Waals surface area (Å²) in [5.74, 6) is 0.526. The number of halogens is 1. The van der Waals surface area contributed by atoms with Crippen molar-refractivity contribution in [2.45, 2.75) is 37.1 Å². The average molecular weight is 339 g/mol. The number of carbonyl (C=O) groups excluding carboxylic acids is 1. The molecule has 0 aliphatic carbocycles. The van der Waals surface area contributed by atoms with E-state index in [1.54, 1.807) is 11.8 Å². The number of Topliss-reactive ketones (excluding diaryl/α,β-unsaturated/α-hetero) is 1. The molecule has 0 amide bonds. The number of aromatic nitrogens is 2. The number of hydrogen-bond acceptors (Lipinski definition) is 6. The fourth-order valence-electron chi connectivity index (χ4n) is 1.75. The van der Waals surface area contributed by atoms with Gasteiger partial charge in [0.25, 0.3) is 0 Å². The largest absolute Gasteiger partial charge is 0.358 e. The lowest BCUT2D eigenvalue weighted by Crippen LogP contribution is -2.08. The molecule has 2 aromatic rings. The molecule has 0 radical (unpaired) electrons. The second-order valence-electron chi connectivity index (χ2n) is 5.05. The van der Waals surface area contributed by atoms with Gasteiger partial charge in [-0.15, -0.1) is 10.2 Å². The Balaban J connectivity index is 1.71. The predicted molar refractivity (Wildman–Crippen MR) is 89.4 cm³/mol. The maximum absolute atomic E-state index is 12.8. The molecule has 1 heterocycles. The molecule has 0 aliphatic heterocycles. The van der Waals surface area contributed by atoms with Crippen LogP contribution in [0.2, 0.25) is 0 Å². The topological polar surface area (TPSA) is 54.9 Å². The third kappa shape index (κ3) is 5.38. The Labute approximate surface area is 137 Å². The first-order valence-electron chi connectivity index (χ1n) is 7.06. The van der Waals surface area contributed by atoms with Crippen LogP contribution in [0, 0.1) is 5.82 Å². The van der Waals surface area contributed by atoms with Crippen LogP contribution < -0.4 is 5.32 Å². The number of ketones is 1. The first kappa shape index (κ1) is 16.9. The summed E-state index contributed by atoms with van der Waals surface area (Å²) in [6, 6.07) is 6.01. The van der Waals surface area contributed by atoms with Gasteiger partial charge < -0.3 is 5.32 Å². The summed E-state index contributed by atoms with van der Waals surface area (Å²) in [6.45, 7) is 4.10. The maximum Gasteiger partial charge on any atom is 0.206 e. The molecular formula is C15H18FN3OS2. The number of thioether (sulfide) groups is 1. The number of nitrogens with one attached hydrogen (secondary N) is 1. The number of rotatable bonds is 8. The molecule has 0 spiro atoms. The molecule has 1 aromatic carbocycles. The smallest absolute Gasteiger partial charge is 0.206 e. The lowest BCUT2D eigenvalue weighted by atomic mass is 10.1. The van der Waals surface area contributed by atoms with Gasteiger partial charge in [0.1, 0.15) is 5.82 Å². The van der Waals surface area contributed by atoms with Crippen molar-refractivity contribution in [3.63, 3.8) is 0 Å². The Hall–Kier alpha value is -1.47. The zero-order valence-corrected chi connectivity index (χ0v) is 14.1. The standard InChI is InChI=1S/C15H18FN3OS2/c1-10(2)17-14-18-19-15(22-14)21-9-3-4-13(20)11-5-7-12(16)8-6-11/h5-8,10H,3-4,9H2,1-2H3,(H,17,18). The van der Waals surface area contributed by atoms with Crippen molar-refractivity contribution in [1.82, 2.24) is 10.2 Å². The second-order valence-corrected chi connectivity index (χ2v) is 7.37. The molecule has 0 fully saturated rings. The molecule has 0 atom stereocenters. The molecule has 0 saturated carbocycles. The van der Waals surface area contributed by atoms with Crippen LogP contribution in [0.25, 0.3) is 0 Å². The van der Waals surface area contributed by atoms with Crippen molar-refractivity contribution in [2.75, 3.05) is 11.1 Å². The van der Waals surface area contributed by atoms with Gasteiger partial charge in [-0.3, -0.25) is 4.79 Å². The van der Waals surface area contributed by atoms with Crippen LogP contribution in [0.15, 0.2) is 28.6 Å². The lowest BCUT2D eigenvalue weighted by molar-refractivity contribution is 0.0982. The Bertz CT molecular complexity index is 614.